The molecule has 0 radical (unpaired) electrons. The fraction of sp³-hybridized carbons (Fsp3) is 0.0952. The molecule has 0 amide bonds. The molecule has 0 aromatic heterocycles. The number of rotatable bonds is 5. The van der Waals surface area contributed by atoms with Crippen molar-refractivity contribution in [3.8, 4) is 0 Å². The molecule has 160 valence electrons. The molecule has 10 heteroatoms. The molecule has 31 heavy (non-hydrogen) atoms. The van der Waals surface area contributed by atoms with Crippen molar-refractivity contribution in [1.82, 2.24) is 4.31 Å². The minimum absolute atomic E-state index is 0.0848. The summed E-state index contributed by atoms with van der Waals surface area (Å²) in [7, 11) is -3.98. The topological polar surface area (TPSA) is 70.0 Å². The summed E-state index contributed by atoms with van der Waals surface area (Å²) in [6, 6.07) is 22.7. The highest BCUT2D eigenvalue weighted by molar-refractivity contribution is 8.26. The molecule has 0 unspecified atom stereocenters. The van der Waals surface area contributed by atoms with E-state index in [1.807, 2.05) is 37.3 Å². The number of hydrogen-bond acceptors (Lipinski definition) is 4. The van der Waals surface area contributed by atoms with E-state index in [0.29, 0.717) is 10.7 Å². The fourth-order valence-electron chi connectivity index (χ4n) is 2.81. The molecule has 1 aliphatic rings. The van der Waals surface area contributed by atoms with E-state index in [0.717, 1.165) is 23.1 Å². The average molecular weight is 492 g/mol. The molecule has 0 spiro atoms. The summed E-state index contributed by atoms with van der Waals surface area (Å²) >= 11 is 5.30. The highest BCUT2D eigenvalue weighted by Crippen LogP contribution is 2.37. The number of halogens is 1. The van der Waals surface area contributed by atoms with Gasteiger partial charge in [-0.2, -0.15) is 8.42 Å². The Bertz CT molecular complexity index is 1230. The van der Waals surface area contributed by atoms with Gasteiger partial charge in [0.1, 0.15) is 0 Å². The molecule has 1 heterocycles. The van der Waals surface area contributed by atoms with Crippen molar-refractivity contribution in [3.63, 3.8) is 0 Å². The van der Waals surface area contributed by atoms with Gasteiger partial charge >= 0.3 is 0 Å². The molecular weight excluding hydrogens is 474 g/mol. The molecule has 4 rings (SSSR count). The van der Waals surface area contributed by atoms with Crippen molar-refractivity contribution < 1.29 is 12.6 Å². The van der Waals surface area contributed by atoms with Gasteiger partial charge in [-0.05, 0) is 48.9 Å². The van der Waals surface area contributed by atoms with Crippen LogP contribution in [-0.4, -0.2) is 22.1 Å². The first-order chi connectivity index (χ1) is 14.8. The van der Waals surface area contributed by atoms with Gasteiger partial charge in [-0.3, -0.25) is 0 Å². The maximum atomic E-state index is 13.3. The van der Waals surface area contributed by atoms with Gasteiger partial charge in [0.05, 0.1) is 17.1 Å². The smallest absolute Gasteiger partial charge is 0.245 e. The Labute approximate surface area is 193 Å². The monoisotopic (exact) mass is 491 g/mol. The van der Waals surface area contributed by atoms with Crippen LogP contribution in [0.3, 0.4) is 0 Å². The van der Waals surface area contributed by atoms with Gasteiger partial charge in [0.2, 0.25) is 16.3 Å². The lowest BCUT2D eigenvalue weighted by Crippen LogP contribution is -2.28. The van der Waals surface area contributed by atoms with Crippen LogP contribution in [0.1, 0.15) is 11.1 Å². The van der Waals surface area contributed by atoms with Crippen molar-refractivity contribution in [2.24, 2.45) is 4.40 Å². The minimum atomic E-state index is -3.98. The summed E-state index contributed by atoms with van der Waals surface area (Å²) in [4.78, 5) is 0.0848. The number of sulfonamides is 1. The SMILES string of the molecule is Cc1ccc(S(=O)(=O)N=C2SN(c3ccc(Cl)cc3)[S@@](=O)N2Cc2ccccc2)cc1. The van der Waals surface area contributed by atoms with Crippen molar-refractivity contribution >= 4 is 55.6 Å². The maximum absolute atomic E-state index is 13.3. The van der Waals surface area contributed by atoms with Crippen molar-refractivity contribution in [3.05, 3.63) is 95.0 Å². The van der Waals surface area contributed by atoms with E-state index in [4.69, 9.17) is 11.6 Å². The van der Waals surface area contributed by atoms with Crippen molar-refractivity contribution in [2.75, 3.05) is 3.71 Å². The van der Waals surface area contributed by atoms with Gasteiger partial charge in [-0.1, -0.05) is 59.6 Å². The lowest BCUT2D eigenvalue weighted by atomic mass is 10.2. The van der Waals surface area contributed by atoms with Crippen molar-refractivity contribution in [1.29, 1.82) is 0 Å². The number of hydrogen-bond donors (Lipinski definition) is 0. The zero-order chi connectivity index (χ0) is 22.0. The largest absolute Gasteiger partial charge is 0.284 e. The van der Waals surface area contributed by atoms with Gasteiger partial charge < -0.3 is 0 Å². The Morgan fingerprint density at radius 1 is 0.968 bits per heavy atom. The highest BCUT2D eigenvalue weighted by atomic mass is 35.5. The minimum Gasteiger partial charge on any atom is -0.245 e. The van der Waals surface area contributed by atoms with Crippen LogP contribution in [0.2, 0.25) is 5.02 Å². The number of aryl methyl sites for hydroxylation is 1. The summed E-state index contributed by atoms with van der Waals surface area (Å²) in [5.41, 5.74) is 2.46. The molecule has 1 saturated heterocycles. The van der Waals surface area contributed by atoms with E-state index >= 15 is 0 Å². The van der Waals surface area contributed by atoms with E-state index in [2.05, 4.69) is 4.40 Å². The maximum Gasteiger partial charge on any atom is 0.284 e. The number of amidine groups is 1. The molecule has 0 saturated carbocycles. The molecular formula is C21H18ClN3O3S3. The van der Waals surface area contributed by atoms with Crippen LogP contribution < -0.4 is 3.71 Å². The van der Waals surface area contributed by atoms with E-state index in [9.17, 15) is 12.6 Å². The molecule has 1 aliphatic heterocycles. The first-order valence-corrected chi connectivity index (χ1v) is 12.9. The second-order valence-electron chi connectivity index (χ2n) is 6.74. The van der Waals surface area contributed by atoms with Crippen LogP contribution >= 0.6 is 23.5 Å². The average Bonchev–Trinajstić information content (AvgIpc) is 3.04. The third kappa shape index (κ3) is 4.95. The summed E-state index contributed by atoms with van der Waals surface area (Å²) < 4.78 is 46.2. The normalized spacial score (nSPS) is 18.0. The molecule has 3 aromatic rings. The molecule has 0 aliphatic carbocycles. The zero-order valence-electron chi connectivity index (χ0n) is 16.4. The van der Waals surface area contributed by atoms with Crippen molar-refractivity contribution in [2.45, 2.75) is 18.4 Å². The molecule has 3 aromatic carbocycles. The predicted molar refractivity (Wildman–Crippen MR) is 127 cm³/mol. The van der Waals surface area contributed by atoms with Crippen LogP contribution in [0.25, 0.3) is 0 Å². The zero-order valence-corrected chi connectivity index (χ0v) is 19.6. The van der Waals surface area contributed by atoms with Gasteiger partial charge in [-0.15, -0.1) is 4.40 Å². The molecule has 0 bridgehead atoms. The Morgan fingerprint density at radius 2 is 1.61 bits per heavy atom. The standard InChI is InChI=1S/C21H18ClN3O3S3/c1-16-7-13-20(14-8-16)31(27,28)23-21-24(15-17-5-3-2-4-6-17)30(26)25(29-21)19-11-9-18(22)10-12-19/h2-14H,15H2,1H3/t30-/m0/s1. The molecule has 6 nitrogen and oxygen atoms in total. The first-order valence-electron chi connectivity index (χ1n) is 9.22. The van der Waals surface area contributed by atoms with E-state index in [1.165, 1.54) is 20.1 Å². The molecule has 0 N–H and O–H groups in total. The molecule has 1 fully saturated rings. The third-order valence-electron chi connectivity index (χ3n) is 4.43. The van der Waals surface area contributed by atoms with E-state index < -0.39 is 21.2 Å². The summed E-state index contributed by atoms with van der Waals surface area (Å²) in [5.74, 6) is 0. The van der Waals surface area contributed by atoms with Crippen LogP contribution in [-0.2, 0) is 27.7 Å². The Hall–Kier alpha value is -2.33. The van der Waals surface area contributed by atoms with Gasteiger partial charge in [-0.25, -0.2) is 12.2 Å². The highest BCUT2D eigenvalue weighted by Gasteiger charge is 2.37. The number of nitrogens with zero attached hydrogens (tertiary/aromatic N) is 3. The second kappa shape index (κ2) is 9.04. The Morgan fingerprint density at radius 3 is 2.26 bits per heavy atom. The third-order valence-corrected chi connectivity index (χ3v) is 8.83. The van der Waals surface area contributed by atoms with Crippen LogP contribution in [0.15, 0.2) is 88.2 Å². The molecule has 1 atom stereocenters. The fourth-order valence-corrected chi connectivity index (χ4v) is 6.74. The van der Waals surface area contributed by atoms with E-state index in [1.54, 1.807) is 36.4 Å². The number of benzene rings is 3. The van der Waals surface area contributed by atoms with Gasteiger partial charge in [0.25, 0.3) is 10.0 Å². The second-order valence-corrected chi connectivity index (χ2v) is 11.2. The van der Waals surface area contributed by atoms with Gasteiger partial charge in [0, 0.05) is 17.0 Å². The van der Waals surface area contributed by atoms with Crippen LogP contribution in [0.5, 0.6) is 0 Å². The van der Waals surface area contributed by atoms with Crippen LogP contribution in [0, 0.1) is 6.92 Å². The Balaban J connectivity index is 1.73. The lowest BCUT2D eigenvalue weighted by Gasteiger charge is -2.17. The van der Waals surface area contributed by atoms with E-state index in [-0.39, 0.29) is 16.6 Å². The van der Waals surface area contributed by atoms with Gasteiger partial charge in [0.15, 0.2) is 0 Å². The number of anilines is 1. The summed E-state index contributed by atoms with van der Waals surface area (Å²) in [6.07, 6.45) is 0. The van der Waals surface area contributed by atoms with Crippen LogP contribution in [0.4, 0.5) is 5.69 Å². The quantitative estimate of drug-likeness (QED) is 0.474. The lowest BCUT2D eigenvalue weighted by molar-refractivity contribution is 0.593. The summed E-state index contributed by atoms with van der Waals surface area (Å²) in [5, 5.41) is 0.688. The first kappa shape index (κ1) is 21.9. The summed E-state index contributed by atoms with van der Waals surface area (Å²) in [6.45, 7) is 2.12. The predicted octanol–water partition coefficient (Wildman–Crippen LogP) is 4.94. The Kier molecular flexibility index (Phi) is 6.38.